The Balaban J connectivity index is 2.07. The van der Waals surface area contributed by atoms with E-state index >= 15 is 0 Å². The lowest BCUT2D eigenvalue weighted by Gasteiger charge is -2.10. The van der Waals surface area contributed by atoms with E-state index in [1.165, 1.54) is 5.56 Å². The summed E-state index contributed by atoms with van der Waals surface area (Å²) in [6.07, 6.45) is 2.51. The van der Waals surface area contributed by atoms with Crippen LogP contribution in [0.5, 0.6) is 0 Å². The zero-order valence-electron chi connectivity index (χ0n) is 10.9. The van der Waals surface area contributed by atoms with Crippen LogP contribution in [-0.4, -0.2) is 10.9 Å². The Bertz CT molecular complexity index is 581. The van der Waals surface area contributed by atoms with Crippen LogP contribution in [-0.2, 0) is 13.0 Å². The predicted molar refractivity (Wildman–Crippen MR) is 75.6 cm³/mol. The minimum absolute atomic E-state index is 0.198. The highest BCUT2D eigenvalue weighted by Gasteiger charge is 2.10. The minimum atomic E-state index is -0.198. The van der Waals surface area contributed by atoms with Crippen molar-refractivity contribution in [3.8, 4) is 0 Å². The van der Waals surface area contributed by atoms with Gasteiger partial charge in [0.05, 0.1) is 5.56 Å². The molecule has 98 valence electrons. The SMILES string of the molecule is CCc1ccccc1CNC(=O)c1cccnc1N. The van der Waals surface area contributed by atoms with Crippen molar-refractivity contribution in [2.45, 2.75) is 19.9 Å². The molecular formula is C15H17N3O. The number of aryl methyl sites for hydroxylation is 1. The summed E-state index contributed by atoms with van der Waals surface area (Å²) in [5.41, 5.74) is 8.45. The van der Waals surface area contributed by atoms with Crippen molar-refractivity contribution >= 4 is 11.7 Å². The van der Waals surface area contributed by atoms with Crippen LogP contribution in [0.3, 0.4) is 0 Å². The molecule has 0 saturated carbocycles. The van der Waals surface area contributed by atoms with Crippen molar-refractivity contribution in [1.82, 2.24) is 10.3 Å². The average Bonchev–Trinajstić information content (AvgIpc) is 2.45. The second-order valence-electron chi connectivity index (χ2n) is 4.24. The number of pyridine rings is 1. The number of carbonyl (C=O) groups excluding carboxylic acids is 1. The van der Waals surface area contributed by atoms with Crippen molar-refractivity contribution in [1.29, 1.82) is 0 Å². The van der Waals surface area contributed by atoms with Gasteiger partial charge in [0.25, 0.3) is 5.91 Å². The number of nitrogens with two attached hydrogens (primary N) is 1. The molecule has 0 radical (unpaired) electrons. The monoisotopic (exact) mass is 255 g/mol. The molecule has 0 fully saturated rings. The zero-order valence-corrected chi connectivity index (χ0v) is 10.9. The summed E-state index contributed by atoms with van der Waals surface area (Å²) in [5.74, 6) is 0.0558. The number of benzene rings is 1. The van der Waals surface area contributed by atoms with Crippen LogP contribution in [0.25, 0.3) is 0 Å². The molecule has 2 aromatic rings. The van der Waals surface area contributed by atoms with Gasteiger partial charge in [0.15, 0.2) is 0 Å². The third-order valence-electron chi connectivity index (χ3n) is 3.02. The van der Waals surface area contributed by atoms with E-state index in [2.05, 4.69) is 23.3 Å². The summed E-state index contributed by atoms with van der Waals surface area (Å²) in [7, 11) is 0. The fraction of sp³-hybridized carbons (Fsp3) is 0.200. The summed E-state index contributed by atoms with van der Waals surface area (Å²) in [6.45, 7) is 2.59. The summed E-state index contributed by atoms with van der Waals surface area (Å²) < 4.78 is 0. The molecule has 3 N–H and O–H groups in total. The number of nitrogens with zero attached hydrogens (tertiary/aromatic N) is 1. The molecule has 0 atom stereocenters. The summed E-state index contributed by atoms with van der Waals surface area (Å²) in [5, 5.41) is 2.87. The Morgan fingerprint density at radius 3 is 2.63 bits per heavy atom. The van der Waals surface area contributed by atoms with Crippen LogP contribution >= 0.6 is 0 Å². The Labute approximate surface area is 112 Å². The Morgan fingerprint density at radius 2 is 1.95 bits per heavy atom. The third-order valence-corrected chi connectivity index (χ3v) is 3.02. The van der Waals surface area contributed by atoms with Crippen molar-refractivity contribution in [2.24, 2.45) is 0 Å². The molecule has 4 heteroatoms. The van der Waals surface area contributed by atoms with Gasteiger partial charge in [-0.3, -0.25) is 4.79 Å². The molecule has 0 aliphatic rings. The van der Waals surface area contributed by atoms with Crippen LogP contribution in [0.4, 0.5) is 5.82 Å². The van der Waals surface area contributed by atoms with Gasteiger partial charge < -0.3 is 11.1 Å². The molecule has 4 nitrogen and oxygen atoms in total. The standard InChI is InChI=1S/C15H17N3O/c1-2-11-6-3-4-7-12(11)10-18-15(19)13-8-5-9-17-14(13)16/h3-9H,2,10H2,1H3,(H2,16,17)(H,18,19). The number of hydrogen-bond donors (Lipinski definition) is 2. The van der Waals surface area contributed by atoms with Gasteiger partial charge in [-0.25, -0.2) is 4.98 Å². The number of amides is 1. The van der Waals surface area contributed by atoms with Gasteiger partial charge in [-0.05, 0) is 29.7 Å². The lowest BCUT2D eigenvalue weighted by atomic mass is 10.1. The van der Waals surface area contributed by atoms with Crippen LogP contribution in [0.1, 0.15) is 28.4 Å². The average molecular weight is 255 g/mol. The molecule has 1 aromatic carbocycles. The molecule has 0 bridgehead atoms. The normalized spacial score (nSPS) is 10.2. The second kappa shape index (κ2) is 6.00. The largest absolute Gasteiger partial charge is 0.383 e. The molecule has 2 rings (SSSR count). The van der Waals surface area contributed by atoms with Gasteiger partial charge in [0.1, 0.15) is 5.82 Å². The van der Waals surface area contributed by atoms with Crippen molar-refractivity contribution in [3.63, 3.8) is 0 Å². The summed E-state index contributed by atoms with van der Waals surface area (Å²) in [6, 6.07) is 11.4. The van der Waals surface area contributed by atoms with Crippen molar-refractivity contribution < 1.29 is 4.79 Å². The van der Waals surface area contributed by atoms with E-state index in [-0.39, 0.29) is 11.7 Å². The van der Waals surface area contributed by atoms with Crippen LogP contribution in [0.15, 0.2) is 42.6 Å². The Kier molecular flexibility index (Phi) is 4.13. The molecule has 1 heterocycles. The van der Waals surface area contributed by atoms with E-state index in [9.17, 15) is 4.79 Å². The van der Waals surface area contributed by atoms with E-state index < -0.39 is 0 Å². The van der Waals surface area contributed by atoms with E-state index in [4.69, 9.17) is 5.73 Å². The fourth-order valence-corrected chi connectivity index (χ4v) is 1.96. The van der Waals surface area contributed by atoms with Gasteiger partial charge in [-0.1, -0.05) is 31.2 Å². The quantitative estimate of drug-likeness (QED) is 0.879. The van der Waals surface area contributed by atoms with E-state index in [1.54, 1.807) is 18.3 Å². The number of hydrogen-bond acceptors (Lipinski definition) is 3. The van der Waals surface area contributed by atoms with Gasteiger partial charge >= 0.3 is 0 Å². The molecular weight excluding hydrogens is 238 g/mol. The van der Waals surface area contributed by atoms with Crippen LogP contribution in [0, 0.1) is 0 Å². The van der Waals surface area contributed by atoms with E-state index in [0.717, 1.165) is 12.0 Å². The van der Waals surface area contributed by atoms with Crippen molar-refractivity contribution in [2.75, 3.05) is 5.73 Å². The fourth-order valence-electron chi connectivity index (χ4n) is 1.96. The summed E-state index contributed by atoms with van der Waals surface area (Å²) >= 11 is 0. The lowest BCUT2D eigenvalue weighted by molar-refractivity contribution is 0.0951. The smallest absolute Gasteiger partial charge is 0.255 e. The van der Waals surface area contributed by atoms with Gasteiger partial charge in [-0.2, -0.15) is 0 Å². The maximum Gasteiger partial charge on any atom is 0.255 e. The number of rotatable bonds is 4. The number of carbonyl (C=O) groups is 1. The highest BCUT2D eigenvalue weighted by Crippen LogP contribution is 2.10. The third kappa shape index (κ3) is 3.10. The maximum absolute atomic E-state index is 12.0. The molecule has 0 aliphatic heterocycles. The molecule has 1 amide bonds. The number of nitrogen functional groups attached to an aromatic ring is 1. The first-order chi connectivity index (χ1) is 9.22. The zero-order chi connectivity index (χ0) is 13.7. The highest BCUT2D eigenvalue weighted by molar-refractivity contribution is 5.98. The molecule has 0 unspecified atom stereocenters. The molecule has 0 saturated heterocycles. The number of anilines is 1. The lowest BCUT2D eigenvalue weighted by Crippen LogP contribution is -2.24. The van der Waals surface area contributed by atoms with E-state index in [1.807, 2.05) is 18.2 Å². The van der Waals surface area contributed by atoms with Gasteiger partial charge in [-0.15, -0.1) is 0 Å². The number of aromatic nitrogens is 1. The second-order valence-corrected chi connectivity index (χ2v) is 4.24. The Morgan fingerprint density at radius 1 is 1.21 bits per heavy atom. The topological polar surface area (TPSA) is 68.0 Å². The molecule has 1 aromatic heterocycles. The molecule has 0 aliphatic carbocycles. The first-order valence-electron chi connectivity index (χ1n) is 6.28. The first-order valence-corrected chi connectivity index (χ1v) is 6.28. The van der Waals surface area contributed by atoms with Crippen LogP contribution in [0.2, 0.25) is 0 Å². The Hall–Kier alpha value is -2.36. The van der Waals surface area contributed by atoms with Gasteiger partial charge in [0.2, 0.25) is 0 Å². The molecule has 19 heavy (non-hydrogen) atoms. The highest BCUT2D eigenvalue weighted by atomic mass is 16.1. The van der Waals surface area contributed by atoms with Crippen LogP contribution < -0.4 is 11.1 Å². The first kappa shape index (κ1) is 13.1. The number of nitrogens with one attached hydrogen (secondary N) is 1. The minimum Gasteiger partial charge on any atom is -0.383 e. The predicted octanol–water partition coefficient (Wildman–Crippen LogP) is 2.16. The molecule has 0 spiro atoms. The summed E-state index contributed by atoms with van der Waals surface area (Å²) in [4.78, 5) is 15.9. The van der Waals surface area contributed by atoms with Gasteiger partial charge in [0, 0.05) is 12.7 Å². The maximum atomic E-state index is 12.0. The van der Waals surface area contributed by atoms with Crippen molar-refractivity contribution in [3.05, 3.63) is 59.3 Å². The van der Waals surface area contributed by atoms with E-state index in [0.29, 0.717) is 12.1 Å².